The van der Waals surface area contributed by atoms with Gasteiger partial charge in [0.05, 0.1) is 25.2 Å². The molecule has 0 radical (unpaired) electrons. The highest BCUT2D eigenvalue weighted by Gasteiger charge is 2.32. The van der Waals surface area contributed by atoms with Gasteiger partial charge in [-0.25, -0.2) is 9.18 Å². The van der Waals surface area contributed by atoms with Crippen LogP contribution in [0.3, 0.4) is 0 Å². The van der Waals surface area contributed by atoms with Crippen molar-refractivity contribution < 1.29 is 32.9 Å². The first kappa shape index (κ1) is 30.0. The van der Waals surface area contributed by atoms with Gasteiger partial charge in [-0.2, -0.15) is 5.26 Å². The van der Waals surface area contributed by atoms with Crippen molar-refractivity contribution in [3.05, 3.63) is 124 Å². The lowest BCUT2D eigenvalue weighted by Crippen LogP contribution is -2.21. The largest absolute Gasteiger partial charge is 0.494 e. The Morgan fingerprint density at radius 3 is 2.41 bits per heavy atom. The molecule has 8 nitrogen and oxygen atoms in total. The molecule has 0 saturated carbocycles. The molecule has 1 aliphatic heterocycles. The van der Waals surface area contributed by atoms with Crippen LogP contribution in [0.5, 0.6) is 28.7 Å². The number of ether oxygens (including phenoxy) is 5. The minimum atomic E-state index is -0.575. The van der Waals surface area contributed by atoms with Gasteiger partial charge >= 0.3 is 5.97 Å². The summed E-state index contributed by atoms with van der Waals surface area (Å²) in [6, 6.07) is 25.2. The number of benzene rings is 4. The van der Waals surface area contributed by atoms with Gasteiger partial charge in [0.25, 0.3) is 0 Å². The molecule has 1 heterocycles. The number of carbonyl (C=O) groups is 1. The molecule has 1 atom stereocenters. The summed E-state index contributed by atoms with van der Waals surface area (Å²) in [6.07, 6.45) is 1.98. The van der Waals surface area contributed by atoms with Crippen molar-refractivity contribution in [1.82, 2.24) is 0 Å². The number of esters is 1. The number of halogens is 1. The van der Waals surface area contributed by atoms with Crippen LogP contribution < -0.4 is 29.4 Å². The third-order valence-electron chi connectivity index (χ3n) is 7.09. The molecule has 44 heavy (non-hydrogen) atoms. The van der Waals surface area contributed by atoms with Crippen LogP contribution in [0.4, 0.5) is 4.39 Å². The van der Waals surface area contributed by atoms with E-state index >= 15 is 0 Å². The van der Waals surface area contributed by atoms with Crippen LogP contribution in [0, 0.1) is 17.1 Å². The first-order valence-electron chi connectivity index (χ1n) is 14.1. The van der Waals surface area contributed by atoms with Crippen LogP contribution in [0.25, 0.3) is 0 Å². The van der Waals surface area contributed by atoms with Crippen molar-refractivity contribution in [3.63, 3.8) is 0 Å². The molecule has 0 bridgehead atoms. The topological polar surface area (TPSA) is 113 Å². The molecular formula is C35H31FN2O6. The zero-order chi connectivity index (χ0) is 31.1. The van der Waals surface area contributed by atoms with Gasteiger partial charge in [0.2, 0.25) is 5.88 Å². The molecule has 0 aliphatic carbocycles. The average Bonchev–Trinajstić information content (AvgIpc) is 3.04. The number of nitrogens with two attached hydrogens (primary N) is 1. The minimum absolute atomic E-state index is 0.0530. The van der Waals surface area contributed by atoms with Crippen LogP contribution in [-0.4, -0.2) is 19.7 Å². The molecule has 2 N–H and O–H groups in total. The number of hydrogen-bond donors (Lipinski definition) is 1. The molecule has 4 aromatic carbocycles. The second-order valence-corrected chi connectivity index (χ2v) is 10.1. The van der Waals surface area contributed by atoms with Gasteiger partial charge in [0.15, 0.2) is 11.5 Å². The lowest BCUT2D eigenvalue weighted by Gasteiger charge is -2.27. The highest BCUT2D eigenvalue weighted by Crippen LogP contribution is 2.45. The second-order valence-electron chi connectivity index (χ2n) is 10.1. The summed E-state index contributed by atoms with van der Waals surface area (Å²) in [4.78, 5) is 12.8. The number of unbranched alkanes of at least 4 members (excludes halogenated alkanes) is 1. The van der Waals surface area contributed by atoms with Crippen LogP contribution in [-0.2, 0) is 6.61 Å². The fourth-order valence-corrected chi connectivity index (χ4v) is 4.75. The van der Waals surface area contributed by atoms with Gasteiger partial charge in [-0.05, 0) is 72.1 Å². The number of nitrogens with zero attached hydrogens (tertiary/aromatic N) is 1. The van der Waals surface area contributed by atoms with E-state index in [1.54, 1.807) is 66.7 Å². The summed E-state index contributed by atoms with van der Waals surface area (Å²) in [5.41, 5.74) is 8.95. The number of nitriles is 1. The quantitative estimate of drug-likeness (QED) is 0.112. The molecule has 0 aromatic heterocycles. The molecule has 0 saturated heterocycles. The Morgan fingerprint density at radius 1 is 0.955 bits per heavy atom. The normalized spacial score (nSPS) is 13.7. The third kappa shape index (κ3) is 6.76. The van der Waals surface area contributed by atoms with E-state index in [2.05, 4.69) is 13.0 Å². The van der Waals surface area contributed by atoms with Crippen LogP contribution in [0.1, 0.15) is 52.7 Å². The summed E-state index contributed by atoms with van der Waals surface area (Å²) >= 11 is 0. The molecule has 1 unspecified atom stereocenters. The minimum Gasteiger partial charge on any atom is -0.494 e. The Kier molecular flexibility index (Phi) is 9.31. The van der Waals surface area contributed by atoms with Crippen molar-refractivity contribution in [2.45, 2.75) is 32.3 Å². The maximum Gasteiger partial charge on any atom is 0.343 e. The van der Waals surface area contributed by atoms with E-state index < -0.39 is 11.9 Å². The van der Waals surface area contributed by atoms with Crippen LogP contribution >= 0.6 is 0 Å². The van der Waals surface area contributed by atoms with Crippen molar-refractivity contribution in [1.29, 1.82) is 5.26 Å². The van der Waals surface area contributed by atoms with Gasteiger partial charge in [-0.15, -0.1) is 0 Å². The molecule has 5 rings (SSSR count). The lowest BCUT2D eigenvalue weighted by atomic mass is 9.83. The summed E-state index contributed by atoms with van der Waals surface area (Å²) in [6.45, 7) is 2.92. The first-order chi connectivity index (χ1) is 21.4. The van der Waals surface area contributed by atoms with Crippen molar-refractivity contribution in [2.75, 3.05) is 13.7 Å². The summed E-state index contributed by atoms with van der Waals surface area (Å²) < 4.78 is 41.8. The Morgan fingerprint density at radius 2 is 1.70 bits per heavy atom. The van der Waals surface area contributed by atoms with Crippen molar-refractivity contribution in [3.8, 4) is 34.8 Å². The number of carbonyl (C=O) groups excluding carboxylic acids is 1. The molecule has 224 valence electrons. The van der Waals surface area contributed by atoms with E-state index in [0.29, 0.717) is 46.3 Å². The van der Waals surface area contributed by atoms with E-state index in [1.165, 1.54) is 19.2 Å². The van der Waals surface area contributed by atoms with Crippen LogP contribution in [0.2, 0.25) is 0 Å². The molecule has 1 aliphatic rings. The van der Waals surface area contributed by atoms with Gasteiger partial charge in [0, 0.05) is 11.6 Å². The number of fused-ring (bicyclic) bond motifs is 1. The predicted octanol–water partition coefficient (Wildman–Crippen LogP) is 7.03. The van der Waals surface area contributed by atoms with E-state index in [1.807, 2.05) is 6.07 Å². The standard InChI is InChI=1S/C35H31FN2O6/c1-3-4-17-41-26-12-7-23(8-13-26)35(39)43-27-14-15-28-31(19-27)44-34(38)29(20-37)33(28)24-9-16-30(32(18-24)40-2)42-21-22-5-10-25(36)11-6-22/h5-16,18-19,33H,3-4,17,21,38H2,1-2H3. The molecule has 0 spiro atoms. The summed E-state index contributed by atoms with van der Waals surface area (Å²) in [5, 5.41) is 9.98. The van der Waals surface area contributed by atoms with Gasteiger partial charge in [-0.1, -0.05) is 37.6 Å². The second kappa shape index (κ2) is 13.7. The average molecular weight is 595 g/mol. The number of methoxy groups -OCH3 is 1. The Balaban J connectivity index is 1.36. The van der Waals surface area contributed by atoms with Crippen LogP contribution in [0.15, 0.2) is 96.4 Å². The Hall–Kier alpha value is -5.49. The first-order valence-corrected chi connectivity index (χ1v) is 14.1. The third-order valence-corrected chi connectivity index (χ3v) is 7.09. The van der Waals surface area contributed by atoms with E-state index in [9.17, 15) is 14.4 Å². The SMILES string of the molecule is CCCCOc1ccc(C(=O)Oc2ccc3c(c2)OC(N)=C(C#N)C3c2ccc(OCc3ccc(F)cc3)c(OC)c2)cc1. The summed E-state index contributed by atoms with van der Waals surface area (Å²) in [7, 11) is 1.52. The lowest BCUT2D eigenvalue weighted by molar-refractivity contribution is 0.0734. The molecule has 0 amide bonds. The highest BCUT2D eigenvalue weighted by molar-refractivity contribution is 5.91. The number of rotatable bonds is 11. The van der Waals surface area contributed by atoms with Gasteiger partial charge in [0.1, 0.15) is 41.3 Å². The zero-order valence-corrected chi connectivity index (χ0v) is 24.3. The fourth-order valence-electron chi connectivity index (χ4n) is 4.75. The number of allylic oxidation sites excluding steroid dienone is 1. The highest BCUT2D eigenvalue weighted by atomic mass is 19.1. The monoisotopic (exact) mass is 594 g/mol. The molecule has 4 aromatic rings. The zero-order valence-electron chi connectivity index (χ0n) is 24.3. The fraction of sp³-hybridized carbons (Fsp3) is 0.200. The van der Waals surface area contributed by atoms with Gasteiger partial charge < -0.3 is 29.4 Å². The Bertz CT molecular complexity index is 1710. The van der Waals surface area contributed by atoms with Gasteiger partial charge in [-0.3, -0.25) is 0 Å². The maximum absolute atomic E-state index is 13.3. The molecule has 0 fully saturated rings. The summed E-state index contributed by atoms with van der Waals surface area (Å²) in [5.74, 6) is 0.723. The van der Waals surface area contributed by atoms with E-state index in [0.717, 1.165) is 18.4 Å². The Labute approximate surface area is 255 Å². The smallest absolute Gasteiger partial charge is 0.343 e. The van der Waals surface area contributed by atoms with E-state index in [4.69, 9.17) is 29.4 Å². The maximum atomic E-state index is 13.3. The molecule has 9 heteroatoms. The van der Waals surface area contributed by atoms with Crippen molar-refractivity contribution in [2.24, 2.45) is 5.73 Å². The van der Waals surface area contributed by atoms with Crippen molar-refractivity contribution >= 4 is 5.97 Å². The molecular weight excluding hydrogens is 563 g/mol. The van der Waals surface area contributed by atoms with E-state index in [-0.39, 0.29) is 29.6 Å². The number of hydrogen-bond acceptors (Lipinski definition) is 8. The predicted molar refractivity (Wildman–Crippen MR) is 161 cm³/mol.